The van der Waals surface area contributed by atoms with Gasteiger partial charge < -0.3 is 10.8 Å². The Morgan fingerprint density at radius 3 is 2.67 bits per heavy atom. The van der Waals surface area contributed by atoms with Gasteiger partial charge in [0.05, 0.1) is 12.1 Å². The van der Waals surface area contributed by atoms with Crippen molar-refractivity contribution in [2.45, 2.75) is 31.9 Å². The molecule has 0 heterocycles. The molecular formula is C12H16ClNO. The van der Waals surface area contributed by atoms with E-state index in [4.69, 9.17) is 17.3 Å². The van der Waals surface area contributed by atoms with Gasteiger partial charge in [-0.25, -0.2) is 0 Å². The molecule has 1 aromatic carbocycles. The zero-order valence-corrected chi connectivity index (χ0v) is 9.54. The predicted molar refractivity (Wildman–Crippen MR) is 61.8 cm³/mol. The number of halogens is 1. The molecule has 3 heteroatoms. The van der Waals surface area contributed by atoms with E-state index in [1.54, 1.807) is 0 Å². The number of aliphatic hydroxyl groups excluding tert-OH is 1. The van der Waals surface area contributed by atoms with E-state index < -0.39 is 6.10 Å². The van der Waals surface area contributed by atoms with Gasteiger partial charge in [0.1, 0.15) is 0 Å². The molecular weight excluding hydrogens is 210 g/mol. The fraction of sp³-hybridized carbons (Fsp3) is 0.500. The first-order chi connectivity index (χ1) is 7.09. The number of nitrogens with two attached hydrogens (primary N) is 1. The van der Waals surface area contributed by atoms with Crippen LogP contribution in [0.2, 0.25) is 5.02 Å². The van der Waals surface area contributed by atoms with E-state index in [2.05, 4.69) is 0 Å². The highest BCUT2D eigenvalue weighted by molar-refractivity contribution is 6.30. The van der Waals surface area contributed by atoms with Gasteiger partial charge in [0.15, 0.2) is 0 Å². The molecule has 0 spiro atoms. The van der Waals surface area contributed by atoms with Crippen LogP contribution in [0.15, 0.2) is 18.2 Å². The minimum absolute atomic E-state index is 0.283. The lowest BCUT2D eigenvalue weighted by molar-refractivity contribution is 0.122. The summed E-state index contributed by atoms with van der Waals surface area (Å²) in [5.74, 6) is 0.398. The summed E-state index contributed by atoms with van der Waals surface area (Å²) in [6, 6.07) is 5.34. The van der Waals surface area contributed by atoms with Crippen LogP contribution in [-0.4, -0.2) is 11.2 Å². The van der Waals surface area contributed by atoms with Gasteiger partial charge >= 0.3 is 0 Å². The largest absolute Gasteiger partial charge is 0.391 e. The maximum Gasteiger partial charge on any atom is 0.0760 e. The van der Waals surface area contributed by atoms with Crippen LogP contribution >= 0.6 is 11.6 Å². The molecule has 0 bridgehead atoms. The molecule has 1 saturated carbocycles. The van der Waals surface area contributed by atoms with E-state index >= 15 is 0 Å². The molecule has 1 aliphatic rings. The highest BCUT2D eigenvalue weighted by Crippen LogP contribution is 2.37. The molecule has 2 atom stereocenters. The van der Waals surface area contributed by atoms with Crippen LogP contribution in [0.3, 0.4) is 0 Å². The smallest absolute Gasteiger partial charge is 0.0760 e. The zero-order valence-electron chi connectivity index (χ0n) is 8.78. The number of aryl methyl sites for hydroxylation is 1. The molecule has 1 aliphatic carbocycles. The minimum atomic E-state index is -0.412. The fourth-order valence-electron chi connectivity index (χ4n) is 1.93. The Morgan fingerprint density at radius 2 is 2.13 bits per heavy atom. The Labute approximate surface area is 95.1 Å². The van der Waals surface area contributed by atoms with Crippen molar-refractivity contribution in [1.29, 1.82) is 0 Å². The van der Waals surface area contributed by atoms with Gasteiger partial charge in [0.2, 0.25) is 0 Å². The van der Waals surface area contributed by atoms with Crippen molar-refractivity contribution >= 4 is 11.6 Å². The molecule has 0 radical (unpaired) electrons. The first-order valence-electron chi connectivity index (χ1n) is 5.29. The summed E-state index contributed by atoms with van der Waals surface area (Å²) in [5.41, 5.74) is 8.09. The van der Waals surface area contributed by atoms with Crippen molar-refractivity contribution < 1.29 is 5.11 Å². The average molecular weight is 226 g/mol. The van der Waals surface area contributed by atoms with Gasteiger partial charge in [-0.05, 0) is 48.9 Å². The maximum atomic E-state index is 9.95. The molecule has 3 N–H and O–H groups in total. The Hall–Kier alpha value is -0.570. The van der Waals surface area contributed by atoms with E-state index in [-0.39, 0.29) is 6.04 Å². The molecule has 82 valence electrons. The molecule has 2 nitrogen and oxygen atoms in total. The minimum Gasteiger partial charge on any atom is -0.391 e. The normalized spacial score (nSPS) is 20.0. The highest BCUT2D eigenvalue weighted by Gasteiger charge is 2.34. The van der Waals surface area contributed by atoms with E-state index in [1.165, 1.54) is 0 Å². The van der Waals surface area contributed by atoms with Gasteiger partial charge in [-0.15, -0.1) is 0 Å². The summed E-state index contributed by atoms with van der Waals surface area (Å²) < 4.78 is 0. The third-order valence-corrected chi connectivity index (χ3v) is 3.30. The number of aliphatic hydroxyl groups is 1. The van der Waals surface area contributed by atoms with Crippen molar-refractivity contribution in [1.82, 2.24) is 0 Å². The monoisotopic (exact) mass is 225 g/mol. The second-order valence-corrected chi connectivity index (χ2v) is 4.79. The third kappa shape index (κ3) is 2.33. The summed E-state index contributed by atoms with van der Waals surface area (Å²) in [6.07, 6.45) is 1.79. The van der Waals surface area contributed by atoms with Crippen LogP contribution in [0.4, 0.5) is 0 Å². The molecule has 0 amide bonds. The summed E-state index contributed by atoms with van der Waals surface area (Å²) in [5, 5.41) is 10.7. The van der Waals surface area contributed by atoms with Gasteiger partial charge in [0, 0.05) is 5.02 Å². The molecule has 1 aromatic rings. The highest BCUT2D eigenvalue weighted by atomic mass is 35.5. The topological polar surface area (TPSA) is 46.2 Å². The zero-order chi connectivity index (χ0) is 11.0. The standard InChI is InChI=1S/C12H16ClNO/c1-7-6-9(13)4-5-10(7)11(14)12(15)8-2-3-8/h4-6,8,11-12,15H,2-3,14H2,1H3/t11-,12+/m0/s1. The van der Waals surface area contributed by atoms with Crippen molar-refractivity contribution in [2.75, 3.05) is 0 Å². The van der Waals surface area contributed by atoms with Crippen LogP contribution in [0.1, 0.15) is 30.0 Å². The van der Waals surface area contributed by atoms with Crippen LogP contribution < -0.4 is 5.73 Å². The lowest BCUT2D eigenvalue weighted by Gasteiger charge is -2.20. The molecule has 0 aromatic heterocycles. The van der Waals surface area contributed by atoms with E-state index in [0.29, 0.717) is 10.9 Å². The Morgan fingerprint density at radius 1 is 1.47 bits per heavy atom. The summed E-state index contributed by atoms with van der Waals surface area (Å²) in [7, 11) is 0. The Kier molecular flexibility index (Phi) is 3.01. The number of rotatable bonds is 3. The Bertz CT molecular complexity index is 363. The van der Waals surface area contributed by atoms with E-state index in [9.17, 15) is 5.11 Å². The molecule has 1 fully saturated rings. The van der Waals surface area contributed by atoms with Crippen LogP contribution in [-0.2, 0) is 0 Å². The van der Waals surface area contributed by atoms with E-state index in [1.807, 2.05) is 25.1 Å². The van der Waals surface area contributed by atoms with E-state index in [0.717, 1.165) is 24.0 Å². The van der Waals surface area contributed by atoms with Gasteiger partial charge in [0.25, 0.3) is 0 Å². The summed E-state index contributed by atoms with van der Waals surface area (Å²) >= 11 is 5.87. The predicted octanol–water partition coefficient (Wildman–Crippen LogP) is 2.42. The maximum absolute atomic E-state index is 9.95. The van der Waals surface area contributed by atoms with Gasteiger partial charge in [-0.1, -0.05) is 17.7 Å². The Balaban J connectivity index is 2.20. The lowest BCUT2D eigenvalue weighted by Crippen LogP contribution is -2.28. The summed E-state index contributed by atoms with van der Waals surface area (Å²) in [6.45, 7) is 1.97. The van der Waals surface area contributed by atoms with Crippen LogP contribution in [0.5, 0.6) is 0 Å². The molecule has 2 rings (SSSR count). The quantitative estimate of drug-likeness (QED) is 0.830. The van der Waals surface area contributed by atoms with Crippen LogP contribution in [0.25, 0.3) is 0 Å². The van der Waals surface area contributed by atoms with Crippen molar-refractivity contribution in [3.8, 4) is 0 Å². The first-order valence-corrected chi connectivity index (χ1v) is 5.67. The lowest BCUT2D eigenvalue weighted by atomic mass is 9.95. The molecule has 0 aliphatic heterocycles. The van der Waals surface area contributed by atoms with Crippen molar-refractivity contribution in [2.24, 2.45) is 11.7 Å². The fourth-order valence-corrected chi connectivity index (χ4v) is 2.15. The number of hydrogen-bond acceptors (Lipinski definition) is 2. The summed E-state index contributed by atoms with van der Waals surface area (Å²) in [4.78, 5) is 0. The van der Waals surface area contributed by atoms with Crippen LogP contribution in [0, 0.1) is 12.8 Å². The first kappa shape index (κ1) is 10.9. The molecule has 0 unspecified atom stereocenters. The van der Waals surface area contributed by atoms with Gasteiger partial charge in [-0.2, -0.15) is 0 Å². The molecule has 0 saturated heterocycles. The second-order valence-electron chi connectivity index (χ2n) is 4.35. The molecule has 15 heavy (non-hydrogen) atoms. The van der Waals surface area contributed by atoms with Crippen molar-refractivity contribution in [3.63, 3.8) is 0 Å². The SMILES string of the molecule is Cc1cc(Cl)ccc1[C@H](N)[C@H](O)C1CC1. The van der Waals surface area contributed by atoms with Gasteiger partial charge in [-0.3, -0.25) is 0 Å². The second kappa shape index (κ2) is 4.12. The van der Waals surface area contributed by atoms with Crippen molar-refractivity contribution in [3.05, 3.63) is 34.3 Å². The number of hydrogen-bond donors (Lipinski definition) is 2. The average Bonchev–Trinajstić information content (AvgIpc) is 2.99. The number of benzene rings is 1. The third-order valence-electron chi connectivity index (χ3n) is 3.06.